The summed E-state index contributed by atoms with van der Waals surface area (Å²) in [6, 6.07) is 14.2. The molecule has 0 fully saturated rings. The van der Waals surface area contributed by atoms with Crippen LogP contribution >= 0.6 is 0 Å². The molecule has 2 rings (SSSR count). The summed E-state index contributed by atoms with van der Waals surface area (Å²) < 4.78 is 11.0. The second kappa shape index (κ2) is 19.3. The maximum Gasteiger partial charge on any atom is 0.408 e. The first kappa shape index (κ1) is 41.2. The van der Waals surface area contributed by atoms with Gasteiger partial charge in [0.1, 0.15) is 24.3 Å². The van der Waals surface area contributed by atoms with Crippen molar-refractivity contribution in [3.8, 4) is 0 Å². The first-order chi connectivity index (χ1) is 23.5. The molecule has 0 bridgehead atoms. The minimum Gasteiger partial charge on any atom is -0.481 e. The van der Waals surface area contributed by atoms with E-state index in [-0.39, 0.29) is 32.4 Å². The van der Waals surface area contributed by atoms with Gasteiger partial charge in [-0.15, -0.1) is 0 Å². The van der Waals surface area contributed by atoms with Crippen molar-refractivity contribution < 1.29 is 43.3 Å². The van der Waals surface area contributed by atoms with Gasteiger partial charge in [0, 0.05) is 7.05 Å². The zero-order valence-electron chi connectivity index (χ0n) is 29.6. The number of hydrogen-bond acceptors (Lipinski definition) is 9. The Morgan fingerprint density at radius 2 is 1.40 bits per heavy atom. The van der Waals surface area contributed by atoms with Gasteiger partial charge in [-0.3, -0.25) is 24.5 Å². The maximum atomic E-state index is 14.5. The summed E-state index contributed by atoms with van der Waals surface area (Å²) in [4.78, 5) is 81.4. The lowest BCUT2D eigenvalue weighted by molar-refractivity contribution is -0.167. The monoisotopic (exact) mass is 697 g/mol. The predicted molar refractivity (Wildman–Crippen MR) is 185 cm³/mol. The molecule has 4 amide bonds. The van der Waals surface area contributed by atoms with Gasteiger partial charge in [0.2, 0.25) is 17.4 Å². The third-order valence-electron chi connectivity index (χ3n) is 7.75. The molecule has 0 spiro atoms. The van der Waals surface area contributed by atoms with Crippen molar-refractivity contribution >= 4 is 35.8 Å². The third-order valence-corrected chi connectivity index (χ3v) is 7.75. The molecule has 0 heterocycles. The Kier molecular flexibility index (Phi) is 15.9. The maximum absolute atomic E-state index is 14.5. The molecule has 0 aromatic heterocycles. The second-order valence-electron chi connectivity index (χ2n) is 13.3. The topological polar surface area (TPSA) is 215 Å². The van der Waals surface area contributed by atoms with Crippen LogP contribution in [0.15, 0.2) is 60.7 Å². The van der Waals surface area contributed by atoms with Crippen molar-refractivity contribution in [1.29, 1.82) is 0 Å². The summed E-state index contributed by atoms with van der Waals surface area (Å²) in [6.07, 6.45) is -1.18. The normalized spacial score (nSPS) is 14.2. The first-order valence-corrected chi connectivity index (χ1v) is 16.6. The van der Waals surface area contributed by atoms with Crippen molar-refractivity contribution in [3.05, 3.63) is 71.8 Å². The third kappa shape index (κ3) is 12.5. The van der Waals surface area contributed by atoms with E-state index >= 15 is 0 Å². The van der Waals surface area contributed by atoms with E-state index in [1.807, 2.05) is 0 Å². The Balaban J connectivity index is 2.66. The van der Waals surface area contributed by atoms with Gasteiger partial charge in [0.15, 0.2) is 0 Å². The van der Waals surface area contributed by atoms with Crippen molar-refractivity contribution in [3.63, 3.8) is 0 Å². The number of hydrogen-bond donors (Lipinski definition) is 6. The molecule has 274 valence electrons. The SMILES string of the molecule is CNC(=O)[C@@H](NC(=O)[C@@H](NC(=O)[C@](CCCCN)(NC(=O)OCc1ccccc1)C(=O)OC(C)(C)C)C(Cc1ccccc1)C(=O)O)C(C)C. The van der Waals surface area contributed by atoms with Gasteiger partial charge in [-0.25, -0.2) is 9.59 Å². The lowest BCUT2D eigenvalue weighted by Gasteiger charge is -2.36. The number of rotatable bonds is 18. The number of benzene rings is 2. The number of carbonyl (C=O) groups is 6. The summed E-state index contributed by atoms with van der Waals surface area (Å²) in [6.45, 7) is 8.09. The number of carboxylic acid groups (broad SMARTS) is 1. The van der Waals surface area contributed by atoms with E-state index in [1.165, 1.54) is 7.05 Å². The highest BCUT2D eigenvalue weighted by molar-refractivity contribution is 6.11. The quantitative estimate of drug-likeness (QED) is 0.0760. The number of aliphatic carboxylic acids is 1. The van der Waals surface area contributed by atoms with Crippen LogP contribution in [0.25, 0.3) is 0 Å². The molecule has 0 aliphatic carbocycles. The van der Waals surface area contributed by atoms with Gasteiger partial charge in [-0.2, -0.15) is 0 Å². The Morgan fingerprint density at radius 3 is 1.90 bits per heavy atom. The molecule has 0 aliphatic heterocycles. The highest BCUT2D eigenvalue weighted by Gasteiger charge is 2.52. The van der Waals surface area contributed by atoms with E-state index in [9.17, 15) is 33.9 Å². The van der Waals surface area contributed by atoms with Gasteiger partial charge in [0.25, 0.3) is 5.91 Å². The number of nitrogens with one attached hydrogen (secondary N) is 4. The van der Waals surface area contributed by atoms with Gasteiger partial charge in [0.05, 0.1) is 5.92 Å². The van der Waals surface area contributed by atoms with Crippen LogP contribution in [0.1, 0.15) is 65.0 Å². The molecule has 50 heavy (non-hydrogen) atoms. The molecule has 2 aromatic carbocycles. The summed E-state index contributed by atoms with van der Waals surface area (Å²) in [5, 5.41) is 20.3. The molecular weight excluding hydrogens is 646 g/mol. The first-order valence-electron chi connectivity index (χ1n) is 16.6. The molecular formula is C36H51N5O9. The number of carbonyl (C=O) groups excluding carboxylic acids is 5. The largest absolute Gasteiger partial charge is 0.481 e. The number of carboxylic acids is 1. The fraction of sp³-hybridized carbons (Fsp3) is 0.500. The number of unbranched alkanes of at least 4 members (excludes halogenated alkanes) is 1. The minimum atomic E-state index is -2.48. The number of ether oxygens (including phenoxy) is 2. The van der Waals surface area contributed by atoms with Gasteiger partial charge in [-0.1, -0.05) is 74.5 Å². The zero-order chi connectivity index (χ0) is 37.5. The Hall–Kier alpha value is -4.98. The Morgan fingerprint density at radius 1 is 0.820 bits per heavy atom. The van der Waals surface area contributed by atoms with Crippen molar-refractivity contribution in [2.75, 3.05) is 13.6 Å². The van der Waals surface area contributed by atoms with Gasteiger partial charge in [-0.05, 0) is 70.0 Å². The molecule has 14 heteroatoms. The molecule has 0 aliphatic rings. The van der Waals surface area contributed by atoms with Gasteiger partial charge >= 0.3 is 18.0 Å². The van der Waals surface area contributed by atoms with Crippen LogP contribution in [0.3, 0.4) is 0 Å². The average Bonchev–Trinajstić information content (AvgIpc) is 3.06. The van der Waals surface area contributed by atoms with Crippen LogP contribution in [0.4, 0.5) is 4.79 Å². The molecule has 14 nitrogen and oxygen atoms in total. The molecule has 4 atom stereocenters. The molecule has 0 saturated carbocycles. The van der Waals surface area contributed by atoms with Crippen LogP contribution < -0.4 is 27.0 Å². The number of esters is 1. The number of amides is 4. The van der Waals surface area contributed by atoms with E-state index in [4.69, 9.17) is 15.2 Å². The fourth-order valence-electron chi connectivity index (χ4n) is 5.07. The van der Waals surface area contributed by atoms with Crippen LogP contribution in [0.2, 0.25) is 0 Å². The minimum absolute atomic E-state index is 0.150. The van der Waals surface area contributed by atoms with Crippen molar-refractivity contribution in [2.45, 2.75) is 90.1 Å². The van der Waals surface area contributed by atoms with E-state index in [0.717, 1.165) is 0 Å². The zero-order valence-corrected chi connectivity index (χ0v) is 29.6. The van der Waals surface area contributed by atoms with E-state index in [0.29, 0.717) is 17.5 Å². The van der Waals surface area contributed by atoms with Crippen LogP contribution in [-0.4, -0.2) is 77.7 Å². The smallest absolute Gasteiger partial charge is 0.408 e. The molecule has 0 saturated heterocycles. The van der Waals surface area contributed by atoms with Crippen LogP contribution in [0.5, 0.6) is 0 Å². The van der Waals surface area contributed by atoms with E-state index in [1.54, 1.807) is 95.3 Å². The molecule has 2 aromatic rings. The molecule has 0 radical (unpaired) electrons. The second-order valence-corrected chi connectivity index (χ2v) is 13.3. The van der Waals surface area contributed by atoms with E-state index in [2.05, 4.69) is 21.3 Å². The van der Waals surface area contributed by atoms with Crippen molar-refractivity contribution in [1.82, 2.24) is 21.3 Å². The van der Waals surface area contributed by atoms with Crippen LogP contribution in [0, 0.1) is 11.8 Å². The lowest BCUT2D eigenvalue weighted by atomic mass is 9.87. The highest BCUT2D eigenvalue weighted by atomic mass is 16.6. The standard InChI is InChI=1S/C36H51N5O9/c1-23(2)27(29(42)38-6)39-30(43)28(26(31(44)45)21-24-15-9-7-10-16-24)40-32(46)36(19-13-14-20-37,33(47)50-35(3,4)5)41-34(48)49-22-25-17-11-8-12-18-25/h7-12,15-18,23,26-28H,13-14,19-22,37H2,1-6H3,(H,38,42)(H,39,43)(H,40,46)(H,41,48)(H,44,45)/t26?,27-,28-,36-/m0/s1. The average molecular weight is 698 g/mol. The number of likely N-dealkylation sites (N-methyl/N-ethyl adjacent to an activating group) is 1. The number of alkyl carbamates (subject to hydrolysis) is 1. The summed E-state index contributed by atoms with van der Waals surface area (Å²) in [7, 11) is 1.39. The van der Waals surface area contributed by atoms with Crippen molar-refractivity contribution in [2.24, 2.45) is 17.6 Å². The number of nitrogens with two attached hydrogens (primary N) is 1. The summed E-state index contributed by atoms with van der Waals surface area (Å²) in [5.74, 6) is -7.33. The summed E-state index contributed by atoms with van der Waals surface area (Å²) >= 11 is 0. The Bertz CT molecular complexity index is 1450. The molecule has 1 unspecified atom stereocenters. The fourth-order valence-corrected chi connectivity index (χ4v) is 5.07. The predicted octanol–water partition coefficient (Wildman–Crippen LogP) is 2.44. The van der Waals surface area contributed by atoms with Crippen LogP contribution in [-0.2, 0) is 46.5 Å². The van der Waals surface area contributed by atoms with Gasteiger partial charge < -0.3 is 36.3 Å². The van der Waals surface area contributed by atoms with E-state index < -0.39 is 70.8 Å². The Labute approximate surface area is 293 Å². The summed E-state index contributed by atoms with van der Waals surface area (Å²) in [5.41, 5.74) is 3.29. The lowest BCUT2D eigenvalue weighted by Crippen LogP contribution is -2.68. The molecule has 7 N–H and O–H groups in total. The highest BCUT2D eigenvalue weighted by Crippen LogP contribution is 2.24.